The van der Waals surface area contributed by atoms with E-state index in [1.54, 1.807) is 11.3 Å². The minimum Gasteiger partial charge on any atom is -0.452 e. The van der Waals surface area contributed by atoms with Crippen molar-refractivity contribution in [2.24, 2.45) is 0 Å². The van der Waals surface area contributed by atoms with Gasteiger partial charge in [-0.15, -0.1) is 11.3 Å². The van der Waals surface area contributed by atoms with E-state index in [0.717, 1.165) is 55.4 Å². The molecule has 6 aromatic carbocycles. The van der Waals surface area contributed by atoms with Crippen molar-refractivity contribution in [1.29, 1.82) is 0 Å². The second-order valence-electron chi connectivity index (χ2n) is 11.3. The number of furan rings is 1. The largest absolute Gasteiger partial charge is 0.452 e. The summed E-state index contributed by atoms with van der Waals surface area (Å²) in [5.41, 5.74) is 10.2. The maximum Gasteiger partial charge on any atom is 0.187 e. The topological polar surface area (TPSA) is 43.3 Å². The lowest BCUT2D eigenvalue weighted by molar-refractivity contribution is 0.667. The lowest BCUT2D eigenvalue weighted by atomic mass is 9.97. The highest BCUT2D eigenvalue weighted by molar-refractivity contribution is 7.26. The summed E-state index contributed by atoms with van der Waals surface area (Å²) in [6.07, 6.45) is 0. The Balaban J connectivity index is 1.17. The summed E-state index contributed by atoms with van der Waals surface area (Å²) in [4.78, 5) is 13.8. The number of aromatic nitrogens is 2. The van der Waals surface area contributed by atoms with Gasteiger partial charge in [-0.25, -0.2) is 14.8 Å². The first kappa shape index (κ1) is 26.3. The van der Waals surface area contributed by atoms with Crippen LogP contribution in [0.2, 0.25) is 0 Å². The van der Waals surface area contributed by atoms with Crippen LogP contribution in [0.15, 0.2) is 144 Å². The van der Waals surface area contributed by atoms with Crippen molar-refractivity contribution in [3.8, 4) is 44.9 Å². The number of nitrogens with zero attached hydrogens (tertiary/aromatic N) is 3. The van der Waals surface area contributed by atoms with E-state index in [4.69, 9.17) is 21.0 Å². The van der Waals surface area contributed by atoms with E-state index in [9.17, 15) is 0 Å². The fraction of sp³-hybridized carbons (Fsp3) is 0. The number of fused-ring (bicyclic) bond motifs is 6. The van der Waals surface area contributed by atoms with E-state index in [-0.39, 0.29) is 0 Å². The molecule has 0 amide bonds. The molecule has 3 heterocycles. The molecule has 4 nitrogen and oxygen atoms in total. The minimum absolute atomic E-state index is 0.657. The molecule has 0 aliphatic rings. The first-order chi connectivity index (χ1) is 22.7. The molecular weight excluding hydrogens is 583 g/mol. The Kier molecular flexibility index (Phi) is 6.02. The van der Waals surface area contributed by atoms with Crippen LogP contribution in [0.5, 0.6) is 0 Å². The molecule has 0 saturated heterocycles. The van der Waals surface area contributed by atoms with E-state index in [1.165, 1.54) is 20.3 Å². The van der Waals surface area contributed by atoms with Crippen LogP contribution in [0.1, 0.15) is 0 Å². The van der Waals surface area contributed by atoms with Crippen LogP contribution in [0.4, 0.5) is 5.69 Å². The fourth-order valence-corrected chi connectivity index (χ4v) is 7.52. The average molecular weight is 606 g/mol. The molecule has 0 spiro atoms. The zero-order chi connectivity index (χ0) is 30.6. The zero-order valence-corrected chi connectivity index (χ0v) is 25.3. The van der Waals surface area contributed by atoms with Gasteiger partial charge in [0.25, 0.3) is 0 Å². The van der Waals surface area contributed by atoms with Gasteiger partial charge in [0.05, 0.1) is 6.57 Å². The van der Waals surface area contributed by atoms with Crippen LogP contribution in [0.3, 0.4) is 0 Å². The Morgan fingerprint density at radius 3 is 2.11 bits per heavy atom. The summed E-state index contributed by atoms with van der Waals surface area (Å²) in [7, 11) is 0. The van der Waals surface area contributed by atoms with Crippen LogP contribution in [-0.4, -0.2) is 9.97 Å². The van der Waals surface area contributed by atoms with E-state index >= 15 is 0 Å². The average Bonchev–Trinajstić information content (AvgIpc) is 3.70. The molecule has 46 heavy (non-hydrogen) atoms. The second-order valence-corrected chi connectivity index (χ2v) is 12.3. The van der Waals surface area contributed by atoms with Crippen LogP contribution in [0.25, 0.3) is 92.0 Å². The highest BCUT2D eigenvalue weighted by Gasteiger charge is 2.18. The summed E-state index contributed by atoms with van der Waals surface area (Å²) < 4.78 is 8.72. The third-order valence-corrected chi connectivity index (χ3v) is 9.72. The first-order valence-electron chi connectivity index (χ1n) is 15.0. The molecule has 0 saturated carbocycles. The molecule has 0 bridgehead atoms. The fourth-order valence-electron chi connectivity index (χ4n) is 6.30. The molecule has 5 heteroatoms. The summed E-state index contributed by atoms with van der Waals surface area (Å²) in [5, 5.41) is 3.29. The van der Waals surface area contributed by atoms with Crippen LogP contribution < -0.4 is 0 Å². The lowest BCUT2D eigenvalue weighted by Crippen LogP contribution is -1.94. The molecule has 0 radical (unpaired) electrons. The molecule has 0 fully saturated rings. The Hall–Kier alpha value is -6.09. The van der Waals surface area contributed by atoms with Gasteiger partial charge < -0.3 is 4.42 Å². The molecule has 9 rings (SSSR count). The van der Waals surface area contributed by atoms with Crippen molar-refractivity contribution in [2.75, 3.05) is 0 Å². The molecule has 3 aromatic heterocycles. The first-order valence-corrected chi connectivity index (χ1v) is 15.8. The van der Waals surface area contributed by atoms with Gasteiger partial charge in [-0.3, -0.25) is 0 Å². The Morgan fingerprint density at radius 1 is 0.565 bits per heavy atom. The Labute approximate surface area is 268 Å². The third kappa shape index (κ3) is 4.28. The molecule has 0 unspecified atom stereocenters. The van der Waals surface area contributed by atoms with Gasteiger partial charge in [-0.05, 0) is 63.4 Å². The van der Waals surface area contributed by atoms with E-state index in [1.807, 2.05) is 48.5 Å². The summed E-state index contributed by atoms with van der Waals surface area (Å²) in [6, 6.07) is 47.7. The summed E-state index contributed by atoms with van der Waals surface area (Å²) in [6.45, 7) is 7.46. The minimum atomic E-state index is 0.657. The quantitative estimate of drug-likeness (QED) is 0.187. The molecule has 214 valence electrons. The van der Waals surface area contributed by atoms with Crippen molar-refractivity contribution in [2.45, 2.75) is 0 Å². The number of hydrogen-bond acceptors (Lipinski definition) is 4. The summed E-state index contributed by atoms with van der Waals surface area (Å²) in [5.74, 6) is 0.657. The van der Waals surface area contributed by atoms with Gasteiger partial charge in [0, 0.05) is 25.9 Å². The third-order valence-electron chi connectivity index (χ3n) is 8.50. The second kappa shape index (κ2) is 10.5. The SMILES string of the molecule is [C-]#[N+]c1ccc2sc3c(-c4cccc(-c5cccc(-c6nc(-c7ccccc7)c7oc8ccccc8c7n6)c5)c4)cccc3c2c1. The number of hydrogen-bond donors (Lipinski definition) is 0. The van der Waals surface area contributed by atoms with E-state index in [2.05, 4.69) is 95.8 Å². The zero-order valence-electron chi connectivity index (χ0n) is 24.4. The van der Waals surface area contributed by atoms with E-state index in [0.29, 0.717) is 17.1 Å². The lowest BCUT2D eigenvalue weighted by Gasteiger charge is -2.10. The van der Waals surface area contributed by atoms with E-state index < -0.39 is 0 Å². The maximum atomic E-state index is 7.46. The van der Waals surface area contributed by atoms with Crippen molar-refractivity contribution in [3.05, 3.63) is 151 Å². The molecule has 0 atom stereocenters. The van der Waals surface area contributed by atoms with Crippen molar-refractivity contribution >= 4 is 59.3 Å². The van der Waals surface area contributed by atoms with Crippen molar-refractivity contribution in [1.82, 2.24) is 9.97 Å². The highest BCUT2D eigenvalue weighted by Crippen LogP contribution is 2.42. The van der Waals surface area contributed by atoms with Crippen LogP contribution in [-0.2, 0) is 0 Å². The normalized spacial score (nSPS) is 11.5. The monoisotopic (exact) mass is 605 g/mol. The molecule has 0 aliphatic heterocycles. The van der Waals surface area contributed by atoms with Crippen LogP contribution >= 0.6 is 11.3 Å². The predicted molar refractivity (Wildman–Crippen MR) is 190 cm³/mol. The maximum absolute atomic E-state index is 7.46. The van der Waals surface area contributed by atoms with Crippen molar-refractivity contribution in [3.63, 3.8) is 0 Å². The highest BCUT2D eigenvalue weighted by atomic mass is 32.1. The number of thiophene rings is 1. The van der Waals surface area contributed by atoms with Gasteiger partial charge in [0.15, 0.2) is 17.1 Å². The number of para-hydroxylation sites is 1. The van der Waals surface area contributed by atoms with Gasteiger partial charge in [0.1, 0.15) is 16.8 Å². The van der Waals surface area contributed by atoms with Gasteiger partial charge in [0.2, 0.25) is 0 Å². The smallest absolute Gasteiger partial charge is 0.187 e. The Bertz CT molecular complexity index is 2660. The predicted octanol–water partition coefficient (Wildman–Crippen LogP) is 12.0. The van der Waals surface area contributed by atoms with Gasteiger partial charge in [-0.1, -0.05) is 109 Å². The molecule has 0 aliphatic carbocycles. The number of benzene rings is 6. The molecular formula is C41H23N3OS. The number of rotatable bonds is 4. The van der Waals surface area contributed by atoms with Crippen LogP contribution in [0, 0.1) is 6.57 Å². The van der Waals surface area contributed by atoms with Gasteiger partial charge >= 0.3 is 0 Å². The Morgan fingerprint density at radius 2 is 1.26 bits per heavy atom. The molecule has 9 aromatic rings. The van der Waals surface area contributed by atoms with Crippen molar-refractivity contribution < 1.29 is 4.42 Å². The summed E-state index contributed by atoms with van der Waals surface area (Å²) >= 11 is 1.78. The standard InChI is InChI=1S/C41H23N3OS/c1-42-30-20-21-36-34(24-30)32-18-9-17-31(40(32)46-36)28-14-7-12-26(22-28)27-13-8-15-29(23-27)41-43-37(25-10-3-2-4-11-25)39-38(44-41)33-16-5-6-19-35(33)45-39/h2-24H. The molecule has 0 N–H and O–H groups in total. The van der Waals surface area contributed by atoms with Gasteiger partial charge in [-0.2, -0.15) is 0 Å².